The van der Waals surface area contributed by atoms with Crippen LogP contribution >= 0.6 is 0 Å². The van der Waals surface area contributed by atoms with Crippen LogP contribution in [0.4, 0.5) is 0 Å². The summed E-state index contributed by atoms with van der Waals surface area (Å²) < 4.78 is 0. The number of hydrogen-bond donors (Lipinski definition) is 1. The zero-order valence-corrected chi connectivity index (χ0v) is 16.5. The van der Waals surface area contributed by atoms with Gasteiger partial charge in [-0.25, -0.2) is 0 Å². The molecule has 3 nitrogen and oxygen atoms in total. The van der Waals surface area contributed by atoms with Gasteiger partial charge >= 0.3 is 0 Å². The van der Waals surface area contributed by atoms with E-state index >= 15 is 0 Å². The molecule has 0 heterocycles. The summed E-state index contributed by atoms with van der Waals surface area (Å²) in [5.41, 5.74) is 1.71. The predicted octanol–water partition coefficient (Wildman–Crippen LogP) is 5.26. The Morgan fingerprint density at radius 1 is 1.11 bits per heavy atom. The van der Waals surface area contributed by atoms with E-state index in [0.717, 1.165) is 16.3 Å². The average molecular weight is 372 g/mol. The first-order valence-corrected chi connectivity index (χ1v) is 9.62. The Morgan fingerprint density at radius 2 is 1.82 bits per heavy atom. The minimum absolute atomic E-state index is 0.0145. The average Bonchev–Trinajstić information content (AvgIpc) is 2.71. The fourth-order valence-corrected chi connectivity index (χ4v) is 5.11. The Labute approximate surface area is 165 Å². The van der Waals surface area contributed by atoms with E-state index in [2.05, 4.69) is 6.58 Å². The molecule has 0 spiro atoms. The van der Waals surface area contributed by atoms with Crippen LogP contribution in [-0.4, -0.2) is 16.7 Å². The number of phenolic OH excluding ortho intramolecular Hbond substituents is 1. The Balaban J connectivity index is 2.08. The lowest BCUT2D eigenvalue weighted by molar-refractivity contribution is -0.138. The number of Topliss-reactive ketones (excluding diaryl/α,β-unsaturated/α-hetero) is 2. The highest BCUT2D eigenvalue weighted by molar-refractivity contribution is 6.16. The molecule has 2 aliphatic carbocycles. The van der Waals surface area contributed by atoms with Crippen molar-refractivity contribution >= 4 is 22.3 Å². The summed E-state index contributed by atoms with van der Waals surface area (Å²) in [4.78, 5) is 26.7. The Hall–Kier alpha value is -2.94. The molecule has 0 bridgehead atoms. The van der Waals surface area contributed by atoms with Gasteiger partial charge in [-0.05, 0) is 53.8 Å². The van der Waals surface area contributed by atoms with Crippen molar-refractivity contribution in [2.75, 3.05) is 0 Å². The van der Waals surface area contributed by atoms with Gasteiger partial charge in [-0.3, -0.25) is 9.59 Å². The highest BCUT2D eigenvalue weighted by Crippen LogP contribution is 2.58. The highest BCUT2D eigenvalue weighted by Gasteiger charge is 2.56. The van der Waals surface area contributed by atoms with Crippen molar-refractivity contribution in [3.63, 3.8) is 0 Å². The molecule has 3 unspecified atom stereocenters. The number of aromatic hydroxyl groups is 1. The minimum atomic E-state index is -0.958. The number of hydrogen-bond acceptors (Lipinski definition) is 3. The normalized spacial score (nSPS) is 27.6. The van der Waals surface area contributed by atoms with Crippen LogP contribution in [0.15, 0.2) is 71.8 Å². The number of ketones is 2. The smallest absolute Gasteiger partial charge is 0.166 e. The van der Waals surface area contributed by atoms with Crippen LogP contribution in [0, 0.1) is 11.3 Å². The molecule has 2 aromatic carbocycles. The fourth-order valence-electron chi connectivity index (χ4n) is 5.11. The fraction of sp³-hybridized carbons (Fsp3) is 0.280. The molecule has 2 aliphatic rings. The van der Waals surface area contributed by atoms with Gasteiger partial charge in [0.25, 0.3) is 0 Å². The van der Waals surface area contributed by atoms with Crippen LogP contribution in [-0.2, 0) is 9.59 Å². The van der Waals surface area contributed by atoms with Gasteiger partial charge in [-0.15, -0.1) is 0 Å². The molecule has 1 N–H and O–H groups in total. The number of benzene rings is 2. The number of fused-ring (bicyclic) bond motifs is 2. The number of rotatable bonds is 2. The third-order valence-electron chi connectivity index (χ3n) is 6.80. The summed E-state index contributed by atoms with van der Waals surface area (Å²) in [5, 5.41) is 12.8. The molecule has 2 aromatic rings. The molecule has 142 valence electrons. The second kappa shape index (κ2) is 6.30. The standard InChI is InChI=1S/C25H24O3/c1-5-16-10-12-19-23(27)14(2)15(3)24(28)25(19,4)22(16)21-18-9-7-6-8-17(18)11-13-20(21)26/h5-11,13,19,22,26H,1,12H2,2-4H3. The molecule has 0 aromatic heterocycles. The van der Waals surface area contributed by atoms with Gasteiger partial charge in [-0.2, -0.15) is 0 Å². The first kappa shape index (κ1) is 18.4. The summed E-state index contributed by atoms with van der Waals surface area (Å²) in [6, 6.07) is 11.4. The molecule has 0 fully saturated rings. The maximum absolute atomic E-state index is 13.6. The van der Waals surface area contributed by atoms with Crippen LogP contribution in [0.5, 0.6) is 5.75 Å². The number of allylic oxidation sites excluding steroid dienone is 5. The molecule has 28 heavy (non-hydrogen) atoms. The summed E-state index contributed by atoms with van der Waals surface area (Å²) >= 11 is 0. The molecule has 0 amide bonds. The first-order chi connectivity index (χ1) is 13.3. The lowest BCUT2D eigenvalue weighted by Gasteiger charge is -2.48. The largest absolute Gasteiger partial charge is 0.508 e. The van der Waals surface area contributed by atoms with Gasteiger partial charge in [0.1, 0.15) is 5.75 Å². The Morgan fingerprint density at radius 3 is 2.54 bits per heavy atom. The summed E-state index contributed by atoms with van der Waals surface area (Å²) in [6.45, 7) is 9.32. The van der Waals surface area contributed by atoms with E-state index in [1.54, 1.807) is 26.0 Å². The van der Waals surface area contributed by atoms with Crippen LogP contribution in [0.3, 0.4) is 0 Å². The van der Waals surface area contributed by atoms with E-state index in [1.807, 2.05) is 43.3 Å². The SMILES string of the molecule is C=CC1=CCC2C(=O)C(C)=C(C)C(=O)C2(C)C1c1c(O)ccc2ccccc12. The molecular formula is C25H24O3. The molecule has 0 saturated heterocycles. The summed E-state index contributed by atoms with van der Waals surface area (Å²) in [7, 11) is 0. The number of carbonyl (C=O) groups excluding carboxylic acids is 2. The molecule has 4 rings (SSSR count). The zero-order chi connectivity index (χ0) is 20.2. The zero-order valence-electron chi connectivity index (χ0n) is 16.5. The van der Waals surface area contributed by atoms with Crippen molar-refractivity contribution in [1.82, 2.24) is 0 Å². The first-order valence-electron chi connectivity index (χ1n) is 9.62. The molecule has 0 saturated carbocycles. The van der Waals surface area contributed by atoms with Crippen molar-refractivity contribution in [1.29, 1.82) is 0 Å². The maximum Gasteiger partial charge on any atom is 0.166 e. The monoisotopic (exact) mass is 372 g/mol. The van der Waals surface area contributed by atoms with E-state index in [9.17, 15) is 14.7 Å². The van der Waals surface area contributed by atoms with E-state index in [-0.39, 0.29) is 17.3 Å². The summed E-state index contributed by atoms with van der Waals surface area (Å²) in [5.74, 6) is -0.712. The minimum Gasteiger partial charge on any atom is -0.508 e. The number of phenols is 1. The summed E-state index contributed by atoms with van der Waals surface area (Å²) in [6.07, 6.45) is 4.27. The Kier molecular flexibility index (Phi) is 4.15. The molecule has 3 heteroatoms. The van der Waals surface area contributed by atoms with Crippen LogP contribution < -0.4 is 0 Å². The van der Waals surface area contributed by atoms with E-state index in [4.69, 9.17) is 0 Å². The van der Waals surface area contributed by atoms with Gasteiger partial charge in [-0.1, -0.05) is 56.0 Å². The topological polar surface area (TPSA) is 54.4 Å². The lowest BCUT2D eigenvalue weighted by atomic mass is 9.52. The second-order valence-electron chi connectivity index (χ2n) is 8.08. The van der Waals surface area contributed by atoms with Gasteiger partial charge in [0.15, 0.2) is 11.6 Å². The molecular weight excluding hydrogens is 348 g/mol. The molecule has 3 atom stereocenters. The maximum atomic E-state index is 13.6. The van der Waals surface area contributed by atoms with E-state index in [1.165, 1.54) is 0 Å². The van der Waals surface area contributed by atoms with Crippen molar-refractivity contribution in [2.24, 2.45) is 11.3 Å². The molecule has 0 radical (unpaired) electrons. The molecule has 0 aliphatic heterocycles. The highest BCUT2D eigenvalue weighted by atomic mass is 16.3. The van der Waals surface area contributed by atoms with Gasteiger partial charge < -0.3 is 5.11 Å². The third-order valence-corrected chi connectivity index (χ3v) is 6.80. The lowest BCUT2D eigenvalue weighted by Crippen LogP contribution is -2.51. The van der Waals surface area contributed by atoms with E-state index in [0.29, 0.717) is 23.1 Å². The third kappa shape index (κ3) is 2.29. The van der Waals surface area contributed by atoms with Crippen LogP contribution in [0.2, 0.25) is 0 Å². The van der Waals surface area contributed by atoms with Crippen molar-refractivity contribution in [3.8, 4) is 5.75 Å². The predicted molar refractivity (Wildman–Crippen MR) is 111 cm³/mol. The second-order valence-corrected chi connectivity index (χ2v) is 8.08. The Bertz CT molecular complexity index is 1100. The number of carbonyl (C=O) groups is 2. The van der Waals surface area contributed by atoms with E-state index < -0.39 is 17.3 Å². The quantitative estimate of drug-likeness (QED) is 0.783. The van der Waals surface area contributed by atoms with Crippen LogP contribution in [0.1, 0.15) is 38.7 Å². The van der Waals surface area contributed by atoms with Gasteiger partial charge in [0, 0.05) is 17.4 Å². The van der Waals surface area contributed by atoms with Crippen molar-refractivity contribution in [2.45, 2.75) is 33.1 Å². The van der Waals surface area contributed by atoms with Gasteiger partial charge in [0.2, 0.25) is 0 Å². The van der Waals surface area contributed by atoms with Crippen LogP contribution in [0.25, 0.3) is 10.8 Å². The van der Waals surface area contributed by atoms with Gasteiger partial charge in [0.05, 0.1) is 5.41 Å². The van der Waals surface area contributed by atoms with Crippen molar-refractivity contribution < 1.29 is 14.7 Å². The van der Waals surface area contributed by atoms with Crippen molar-refractivity contribution in [3.05, 3.63) is 77.4 Å².